The molecule has 8 nitrogen and oxygen atoms in total. The van der Waals surface area contributed by atoms with E-state index < -0.39 is 17.9 Å². The molecular formula is C17H18N6O2S. The Morgan fingerprint density at radius 2 is 2.04 bits per heavy atom. The molecule has 0 aliphatic heterocycles. The zero-order valence-corrected chi connectivity index (χ0v) is 14.8. The largest absolute Gasteiger partial charge is 0.368 e. The lowest BCUT2D eigenvalue weighted by Gasteiger charge is -2.16. The number of aromatic nitrogens is 2. The lowest BCUT2D eigenvalue weighted by Crippen LogP contribution is -2.35. The summed E-state index contributed by atoms with van der Waals surface area (Å²) in [4.78, 5) is 31.8. The van der Waals surface area contributed by atoms with Crippen molar-refractivity contribution in [2.24, 2.45) is 11.5 Å². The minimum Gasteiger partial charge on any atom is -0.368 e. The van der Waals surface area contributed by atoms with E-state index in [-0.39, 0.29) is 11.4 Å². The van der Waals surface area contributed by atoms with Gasteiger partial charge < -0.3 is 22.1 Å². The summed E-state index contributed by atoms with van der Waals surface area (Å²) in [6.07, 6.45) is 0.512. The highest BCUT2D eigenvalue weighted by atomic mass is 32.1. The molecule has 26 heavy (non-hydrogen) atoms. The van der Waals surface area contributed by atoms with Gasteiger partial charge in [0.2, 0.25) is 5.91 Å². The Bertz CT molecular complexity index is 971. The predicted octanol–water partition coefficient (Wildman–Crippen LogP) is 2.21. The minimum absolute atomic E-state index is 0.237. The van der Waals surface area contributed by atoms with Gasteiger partial charge in [-0.05, 0) is 36.8 Å². The van der Waals surface area contributed by atoms with Crippen LogP contribution in [-0.4, -0.2) is 27.8 Å². The highest BCUT2D eigenvalue weighted by Crippen LogP contribution is 2.26. The Kier molecular flexibility index (Phi) is 4.99. The molecule has 9 heteroatoms. The van der Waals surface area contributed by atoms with E-state index in [1.165, 1.54) is 0 Å². The van der Waals surface area contributed by atoms with Crippen LogP contribution >= 0.6 is 11.3 Å². The maximum atomic E-state index is 11.7. The van der Waals surface area contributed by atoms with Crippen molar-refractivity contribution in [1.82, 2.24) is 9.97 Å². The topological polar surface area (TPSA) is 136 Å². The predicted molar refractivity (Wildman–Crippen MR) is 103 cm³/mol. The van der Waals surface area contributed by atoms with E-state index >= 15 is 0 Å². The van der Waals surface area contributed by atoms with Crippen LogP contribution in [0, 0.1) is 0 Å². The third kappa shape index (κ3) is 3.72. The first-order chi connectivity index (χ1) is 12.5. The number of nitrogens with two attached hydrogens (primary N) is 2. The van der Waals surface area contributed by atoms with E-state index in [1.54, 1.807) is 29.0 Å². The Morgan fingerprint density at radius 1 is 1.23 bits per heavy atom. The van der Waals surface area contributed by atoms with Crippen LogP contribution in [0.2, 0.25) is 0 Å². The standard InChI is InChI=1S/C17H18N6O2S/c1-2-11(16(19)25)22-14-6-4-10(15(18)24)17(23-14)21-9-3-5-13-12(7-9)20-8-26-13/h3-8,11H,2H2,1H3,(H2,18,24)(H2,19,25)(H2,21,22,23). The Balaban J connectivity index is 1.93. The van der Waals surface area contributed by atoms with E-state index in [1.807, 2.05) is 25.1 Å². The second kappa shape index (κ2) is 7.36. The maximum absolute atomic E-state index is 11.7. The van der Waals surface area contributed by atoms with E-state index in [9.17, 15) is 9.59 Å². The van der Waals surface area contributed by atoms with Crippen LogP contribution in [0.1, 0.15) is 23.7 Å². The van der Waals surface area contributed by atoms with Crippen molar-refractivity contribution in [3.63, 3.8) is 0 Å². The molecule has 2 heterocycles. The van der Waals surface area contributed by atoms with Crippen LogP contribution in [0.4, 0.5) is 17.3 Å². The SMILES string of the molecule is CCC(Nc1ccc(C(N)=O)c(Nc2ccc3scnc3c2)n1)C(N)=O. The lowest BCUT2D eigenvalue weighted by atomic mass is 10.2. The lowest BCUT2D eigenvalue weighted by molar-refractivity contribution is -0.118. The molecule has 1 atom stereocenters. The molecule has 134 valence electrons. The third-order valence-electron chi connectivity index (χ3n) is 3.83. The molecule has 2 aromatic heterocycles. The number of anilines is 3. The number of rotatable bonds is 7. The van der Waals surface area contributed by atoms with E-state index in [2.05, 4.69) is 20.6 Å². The quantitative estimate of drug-likeness (QED) is 0.503. The molecule has 0 spiro atoms. The van der Waals surface area contributed by atoms with Gasteiger partial charge in [-0.15, -0.1) is 11.3 Å². The Hall–Kier alpha value is -3.20. The molecule has 0 fully saturated rings. The molecule has 0 aliphatic rings. The number of carbonyl (C=O) groups excluding carboxylic acids is 2. The molecule has 0 bridgehead atoms. The summed E-state index contributed by atoms with van der Waals surface area (Å²) in [7, 11) is 0. The maximum Gasteiger partial charge on any atom is 0.252 e. The van der Waals surface area contributed by atoms with Gasteiger partial charge in [-0.25, -0.2) is 9.97 Å². The molecule has 3 aromatic rings. The second-order valence-electron chi connectivity index (χ2n) is 5.62. The number of hydrogen-bond donors (Lipinski definition) is 4. The number of hydrogen-bond acceptors (Lipinski definition) is 7. The van der Waals surface area contributed by atoms with Gasteiger partial charge in [0.15, 0.2) is 0 Å². The first-order valence-corrected chi connectivity index (χ1v) is 8.83. The van der Waals surface area contributed by atoms with Crippen LogP contribution in [0.3, 0.4) is 0 Å². The van der Waals surface area contributed by atoms with Gasteiger partial charge in [0, 0.05) is 5.69 Å². The van der Waals surface area contributed by atoms with Gasteiger partial charge >= 0.3 is 0 Å². The number of amides is 2. The summed E-state index contributed by atoms with van der Waals surface area (Å²) in [5.41, 5.74) is 14.4. The van der Waals surface area contributed by atoms with Gasteiger partial charge in [-0.1, -0.05) is 6.92 Å². The highest BCUT2D eigenvalue weighted by Gasteiger charge is 2.16. The summed E-state index contributed by atoms with van der Waals surface area (Å²) >= 11 is 1.54. The number of benzene rings is 1. The van der Waals surface area contributed by atoms with Crippen molar-refractivity contribution in [2.75, 3.05) is 10.6 Å². The van der Waals surface area contributed by atoms with Crippen molar-refractivity contribution in [1.29, 1.82) is 0 Å². The summed E-state index contributed by atoms with van der Waals surface area (Å²) in [6, 6.07) is 8.24. The van der Waals surface area contributed by atoms with Crippen molar-refractivity contribution in [2.45, 2.75) is 19.4 Å². The van der Waals surface area contributed by atoms with E-state index in [0.717, 1.165) is 15.9 Å². The smallest absolute Gasteiger partial charge is 0.252 e. The molecule has 3 rings (SSSR count). The molecule has 0 saturated carbocycles. The van der Waals surface area contributed by atoms with Gasteiger partial charge in [0.1, 0.15) is 17.7 Å². The van der Waals surface area contributed by atoms with Crippen LogP contribution in [0.25, 0.3) is 10.2 Å². The first-order valence-electron chi connectivity index (χ1n) is 7.95. The number of primary amides is 2. The molecule has 1 unspecified atom stereocenters. The Morgan fingerprint density at radius 3 is 2.73 bits per heavy atom. The number of carbonyl (C=O) groups is 2. The van der Waals surface area contributed by atoms with Gasteiger partial charge in [0.05, 0.1) is 21.3 Å². The van der Waals surface area contributed by atoms with E-state index in [0.29, 0.717) is 12.2 Å². The molecule has 2 amide bonds. The van der Waals surface area contributed by atoms with Crippen molar-refractivity contribution >= 4 is 50.7 Å². The molecule has 0 aliphatic carbocycles. The van der Waals surface area contributed by atoms with Crippen LogP contribution in [-0.2, 0) is 4.79 Å². The van der Waals surface area contributed by atoms with E-state index in [4.69, 9.17) is 11.5 Å². The third-order valence-corrected chi connectivity index (χ3v) is 4.64. The van der Waals surface area contributed by atoms with Crippen LogP contribution in [0.5, 0.6) is 0 Å². The van der Waals surface area contributed by atoms with Gasteiger partial charge in [-0.2, -0.15) is 0 Å². The fourth-order valence-corrected chi connectivity index (χ4v) is 3.12. The minimum atomic E-state index is -0.608. The zero-order chi connectivity index (χ0) is 18.7. The number of nitrogens with one attached hydrogen (secondary N) is 2. The van der Waals surface area contributed by atoms with Crippen LogP contribution in [0.15, 0.2) is 35.8 Å². The summed E-state index contributed by atoms with van der Waals surface area (Å²) in [6.45, 7) is 1.84. The number of pyridine rings is 1. The summed E-state index contributed by atoms with van der Waals surface area (Å²) in [5, 5.41) is 6.05. The zero-order valence-electron chi connectivity index (χ0n) is 14.0. The van der Waals surface area contributed by atoms with Crippen LogP contribution < -0.4 is 22.1 Å². The molecule has 0 radical (unpaired) electrons. The Labute approximate surface area is 153 Å². The summed E-state index contributed by atoms with van der Waals surface area (Å²) in [5.74, 6) is -0.380. The normalized spacial score (nSPS) is 11.9. The van der Waals surface area contributed by atoms with Crippen molar-refractivity contribution in [3.05, 3.63) is 41.4 Å². The van der Waals surface area contributed by atoms with Gasteiger partial charge in [-0.3, -0.25) is 9.59 Å². The molecule has 6 N–H and O–H groups in total. The van der Waals surface area contributed by atoms with Crippen molar-refractivity contribution in [3.8, 4) is 0 Å². The average Bonchev–Trinajstić information content (AvgIpc) is 3.07. The second-order valence-corrected chi connectivity index (χ2v) is 6.51. The molecule has 1 aromatic carbocycles. The first kappa shape index (κ1) is 17.6. The molecular weight excluding hydrogens is 352 g/mol. The molecule has 0 saturated heterocycles. The monoisotopic (exact) mass is 370 g/mol. The number of thiazole rings is 1. The average molecular weight is 370 g/mol. The highest BCUT2D eigenvalue weighted by molar-refractivity contribution is 7.16. The fourth-order valence-electron chi connectivity index (χ4n) is 2.46. The summed E-state index contributed by atoms with van der Waals surface area (Å²) < 4.78 is 1.06. The van der Waals surface area contributed by atoms with Crippen molar-refractivity contribution < 1.29 is 9.59 Å². The fraction of sp³-hybridized carbons (Fsp3) is 0.176. The van der Waals surface area contributed by atoms with Gasteiger partial charge in [0.25, 0.3) is 5.91 Å². The number of nitrogens with zero attached hydrogens (tertiary/aromatic N) is 2. The number of fused-ring (bicyclic) bond motifs is 1.